The van der Waals surface area contributed by atoms with Crippen LogP contribution in [0.4, 0.5) is 0 Å². The third kappa shape index (κ3) is 2.24. The van der Waals surface area contributed by atoms with Crippen molar-refractivity contribution in [1.82, 2.24) is 0 Å². The molecule has 2 heteroatoms. The lowest BCUT2D eigenvalue weighted by Crippen LogP contribution is -2.35. The highest BCUT2D eigenvalue weighted by Crippen LogP contribution is 2.38. The van der Waals surface area contributed by atoms with Gasteiger partial charge in [-0.1, -0.05) is 19.4 Å². The second-order valence-electron chi connectivity index (χ2n) is 4.22. The van der Waals surface area contributed by atoms with Gasteiger partial charge in [0.1, 0.15) is 6.10 Å². The SMILES string of the molecule is C#C.CC1=C(C)C(C)(C)CC(O)C1=O. The molecule has 1 atom stereocenters. The van der Waals surface area contributed by atoms with Crippen molar-refractivity contribution in [3.8, 4) is 12.8 Å². The fourth-order valence-electron chi connectivity index (χ4n) is 1.67. The minimum absolute atomic E-state index is 0.0303. The minimum atomic E-state index is -0.788. The molecule has 0 heterocycles. The Balaban J connectivity index is 0.000000791. The topological polar surface area (TPSA) is 37.3 Å². The molecule has 0 aliphatic heterocycles. The van der Waals surface area contributed by atoms with E-state index in [4.69, 9.17) is 0 Å². The normalized spacial score (nSPS) is 25.4. The third-order valence-corrected chi connectivity index (χ3v) is 2.95. The van der Waals surface area contributed by atoms with Crippen molar-refractivity contribution < 1.29 is 9.90 Å². The molecule has 0 aromatic rings. The van der Waals surface area contributed by atoms with E-state index >= 15 is 0 Å². The van der Waals surface area contributed by atoms with Crippen molar-refractivity contribution in [2.75, 3.05) is 0 Å². The molecule has 78 valence electrons. The van der Waals surface area contributed by atoms with Gasteiger partial charge in [0.2, 0.25) is 0 Å². The Morgan fingerprint density at radius 3 is 2.21 bits per heavy atom. The standard InChI is InChI=1S/C10H16O2.C2H2/c1-6-7(2)10(3,4)5-8(11)9(6)12;1-2/h8,11H,5H2,1-4H3;1-2H. The molecule has 0 fully saturated rings. The minimum Gasteiger partial charge on any atom is -0.385 e. The van der Waals surface area contributed by atoms with Gasteiger partial charge in [-0.2, -0.15) is 0 Å². The molecule has 0 aromatic heterocycles. The van der Waals surface area contributed by atoms with Gasteiger partial charge in [-0.25, -0.2) is 0 Å². The van der Waals surface area contributed by atoms with Crippen LogP contribution < -0.4 is 0 Å². The van der Waals surface area contributed by atoms with Crippen molar-refractivity contribution in [2.24, 2.45) is 5.41 Å². The second kappa shape index (κ2) is 4.43. The van der Waals surface area contributed by atoms with Gasteiger partial charge in [0, 0.05) is 0 Å². The van der Waals surface area contributed by atoms with E-state index in [1.807, 2.05) is 6.92 Å². The number of carbonyl (C=O) groups excluding carboxylic acids is 1. The van der Waals surface area contributed by atoms with Crippen LogP contribution in [0.3, 0.4) is 0 Å². The number of carbonyl (C=O) groups is 1. The van der Waals surface area contributed by atoms with Crippen LogP contribution in [-0.2, 0) is 4.79 Å². The summed E-state index contributed by atoms with van der Waals surface area (Å²) in [7, 11) is 0. The van der Waals surface area contributed by atoms with Crippen LogP contribution in [0.2, 0.25) is 0 Å². The van der Waals surface area contributed by atoms with E-state index < -0.39 is 6.10 Å². The van der Waals surface area contributed by atoms with Gasteiger partial charge in [0.05, 0.1) is 0 Å². The molecular weight excluding hydrogens is 176 g/mol. The van der Waals surface area contributed by atoms with Gasteiger partial charge in [-0.3, -0.25) is 4.79 Å². The fourth-order valence-corrected chi connectivity index (χ4v) is 1.67. The zero-order valence-corrected chi connectivity index (χ0v) is 9.29. The van der Waals surface area contributed by atoms with Crippen molar-refractivity contribution in [2.45, 2.75) is 40.2 Å². The fraction of sp³-hybridized carbons (Fsp3) is 0.583. The summed E-state index contributed by atoms with van der Waals surface area (Å²) < 4.78 is 0. The number of hydrogen-bond acceptors (Lipinski definition) is 2. The second-order valence-corrected chi connectivity index (χ2v) is 4.22. The van der Waals surface area contributed by atoms with E-state index in [1.54, 1.807) is 6.92 Å². The van der Waals surface area contributed by atoms with Crippen molar-refractivity contribution >= 4 is 5.78 Å². The van der Waals surface area contributed by atoms with Gasteiger partial charge in [-0.15, -0.1) is 12.8 Å². The van der Waals surface area contributed by atoms with Crippen molar-refractivity contribution in [1.29, 1.82) is 0 Å². The molecule has 1 aliphatic carbocycles. The summed E-state index contributed by atoms with van der Waals surface area (Å²) in [6.45, 7) is 7.88. The molecule has 1 unspecified atom stereocenters. The number of aliphatic hydroxyl groups excluding tert-OH is 1. The van der Waals surface area contributed by atoms with Crippen molar-refractivity contribution in [3.63, 3.8) is 0 Å². The molecule has 0 radical (unpaired) electrons. The first-order chi connectivity index (χ1) is 6.36. The molecule has 0 saturated heterocycles. The van der Waals surface area contributed by atoms with Crippen molar-refractivity contribution in [3.05, 3.63) is 11.1 Å². The van der Waals surface area contributed by atoms with Crippen LogP contribution in [-0.4, -0.2) is 17.0 Å². The number of terminal acetylenes is 1. The summed E-state index contributed by atoms with van der Waals surface area (Å²) in [5.74, 6) is -0.105. The first-order valence-corrected chi connectivity index (χ1v) is 4.60. The van der Waals surface area contributed by atoms with Crippen LogP contribution in [0, 0.1) is 18.3 Å². The Hall–Kier alpha value is -1.07. The van der Waals surface area contributed by atoms with E-state index in [0.29, 0.717) is 6.42 Å². The summed E-state index contributed by atoms with van der Waals surface area (Å²) in [5, 5.41) is 9.42. The predicted octanol–water partition coefficient (Wildman–Crippen LogP) is 1.93. The zero-order chi connectivity index (χ0) is 11.5. The predicted molar refractivity (Wildman–Crippen MR) is 57.7 cm³/mol. The quantitative estimate of drug-likeness (QED) is 0.598. The van der Waals surface area contributed by atoms with Gasteiger partial charge in [-0.05, 0) is 31.3 Å². The van der Waals surface area contributed by atoms with Crippen LogP contribution in [0.5, 0.6) is 0 Å². The maximum absolute atomic E-state index is 11.3. The summed E-state index contributed by atoms with van der Waals surface area (Å²) in [4.78, 5) is 11.3. The molecule has 2 nitrogen and oxygen atoms in total. The molecule has 1 aliphatic rings. The number of aliphatic hydroxyl groups is 1. The molecule has 0 amide bonds. The molecule has 0 bridgehead atoms. The third-order valence-electron chi connectivity index (χ3n) is 2.95. The van der Waals surface area contributed by atoms with Gasteiger partial charge in [0.25, 0.3) is 0 Å². The van der Waals surface area contributed by atoms with E-state index in [0.717, 1.165) is 11.1 Å². The average Bonchev–Trinajstić information content (AvgIpc) is 2.15. The molecule has 0 spiro atoms. The van der Waals surface area contributed by atoms with Gasteiger partial charge < -0.3 is 5.11 Å². The Morgan fingerprint density at radius 2 is 1.79 bits per heavy atom. The van der Waals surface area contributed by atoms with E-state index in [1.165, 1.54) is 0 Å². The summed E-state index contributed by atoms with van der Waals surface area (Å²) >= 11 is 0. The molecular formula is C12H18O2. The lowest BCUT2D eigenvalue weighted by atomic mass is 9.72. The Labute approximate surface area is 86.0 Å². The lowest BCUT2D eigenvalue weighted by Gasteiger charge is -2.34. The largest absolute Gasteiger partial charge is 0.385 e. The maximum Gasteiger partial charge on any atom is 0.186 e. The summed E-state index contributed by atoms with van der Waals surface area (Å²) in [6, 6.07) is 0. The molecule has 0 saturated carbocycles. The van der Waals surface area contributed by atoms with Crippen LogP contribution >= 0.6 is 0 Å². The maximum atomic E-state index is 11.3. The van der Waals surface area contributed by atoms with E-state index in [-0.39, 0.29) is 11.2 Å². The number of allylic oxidation sites excluding steroid dienone is 1. The van der Waals surface area contributed by atoms with Crippen LogP contribution in [0.15, 0.2) is 11.1 Å². The zero-order valence-electron chi connectivity index (χ0n) is 9.29. The summed E-state index contributed by atoms with van der Waals surface area (Å²) in [5.41, 5.74) is 1.81. The summed E-state index contributed by atoms with van der Waals surface area (Å²) in [6.07, 6.45) is 7.76. The first kappa shape index (κ1) is 12.9. The molecule has 14 heavy (non-hydrogen) atoms. The first-order valence-electron chi connectivity index (χ1n) is 4.60. The molecule has 1 rings (SSSR count). The lowest BCUT2D eigenvalue weighted by molar-refractivity contribution is -0.125. The van der Waals surface area contributed by atoms with E-state index in [2.05, 4.69) is 26.7 Å². The van der Waals surface area contributed by atoms with Gasteiger partial charge in [0.15, 0.2) is 5.78 Å². The highest BCUT2D eigenvalue weighted by molar-refractivity contribution is 5.99. The van der Waals surface area contributed by atoms with Crippen LogP contribution in [0.1, 0.15) is 34.1 Å². The Kier molecular flexibility index (Phi) is 4.09. The molecule has 1 N–H and O–H groups in total. The Bertz CT molecular complexity index is 282. The Morgan fingerprint density at radius 1 is 1.36 bits per heavy atom. The highest BCUT2D eigenvalue weighted by Gasteiger charge is 2.35. The number of Topliss-reactive ketones (excluding diaryl/α,β-unsaturated/α-hetero) is 1. The van der Waals surface area contributed by atoms with Gasteiger partial charge >= 0.3 is 0 Å². The van der Waals surface area contributed by atoms with E-state index in [9.17, 15) is 9.90 Å². The number of ketones is 1. The van der Waals surface area contributed by atoms with Crippen LogP contribution in [0.25, 0.3) is 0 Å². The smallest absolute Gasteiger partial charge is 0.186 e. The highest BCUT2D eigenvalue weighted by atomic mass is 16.3. The number of rotatable bonds is 0. The number of hydrogen-bond donors (Lipinski definition) is 1. The molecule has 0 aromatic carbocycles. The monoisotopic (exact) mass is 194 g/mol. The average molecular weight is 194 g/mol.